The molecule has 0 saturated carbocycles. The Morgan fingerprint density at radius 3 is 2.33 bits per heavy atom. The van der Waals surface area contributed by atoms with Gasteiger partial charge in [0.15, 0.2) is 0 Å². The molecule has 112 valence electrons. The van der Waals surface area contributed by atoms with E-state index in [1.165, 1.54) is 12.1 Å². The first-order valence-electron chi connectivity index (χ1n) is 6.59. The number of halogens is 2. The van der Waals surface area contributed by atoms with Crippen LogP contribution in [0.25, 0.3) is 0 Å². The van der Waals surface area contributed by atoms with E-state index in [-0.39, 0.29) is 10.4 Å². The van der Waals surface area contributed by atoms with Crippen LogP contribution in [0.2, 0.25) is 5.02 Å². The molecule has 1 aromatic carbocycles. The second kappa shape index (κ2) is 5.85. The van der Waals surface area contributed by atoms with E-state index in [2.05, 4.69) is 20.6 Å². The predicted molar refractivity (Wildman–Crippen MR) is 85.0 cm³/mol. The molecule has 0 unspecified atom stereocenters. The Labute approximate surface area is 128 Å². The molecule has 0 atom stereocenters. The van der Waals surface area contributed by atoms with Gasteiger partial charge in [-0.05, 0) is 18.2 Å². The van der Waals surface area contributed by atoms with E-state index >= 15 is 0 Å². The number of hydrogen-bond donors (Lipinski definition) is 2. The topological polar surface area (TPSA) is 49.8 Å². The summed E-state index contributed by atoms with van der Waals surface area (Å²) in [7, 11) is 1.80. The van der Waals surface area contributed by atoms with Gasteiger partial charge in [-0.1, -0.05) is 32.4 Å². The smallest absolute Gasteiger partial charge is 0.141 e. The lowest BCUT2D eigenvalue weighted by Gasteiger charge is -2.19. The molecule has 0 aliphatic rings. The normalized spacial score (nSPS) is 11.3. The van der Waals surface area contributed by atoms with Crippen molar-refractivity contribution in [3.05, 3.63) is 40.9 Å². The standard InChI is InChI=1S/C15H18ClFN4/c1-15(2,3)14-20-12(18-4)8-13(21-14)19-9-5-6-11(17)10(16)7-9/h5-8H,1-4H3,(H2,18,19,20,21). The van der Waals surface area contributed by atoms with Crippen molar-refractivity contribution in [3.8, 4) is 0 Å². The molecule has 0 fully saturated rings. The summed E-state index contributed by atoms with van der Waals surface area (Å²) in [6.07, 6.45) is 0. The number of rotatable bonds is 3. The molecule has 4 nitrogen and oxygen atoms in total. The lowest BCUT2D eigenvalue weighted by molar-refractivity contribution is 0.547. The van der Waals surface area contributed by atoms with Crippen LogP contribution in [0, 0.1) is 5.82 Å². The third kappa shape index (κ3) is 3.82. The second-order valence-electron chi connectivity index (χ2n) is 5.72. The quantitative estimate of drug-likeness (QED) is 0.885. The van der Waals surface area contributed by atoms with Gasteiger partial charge in [-0.25, -0.2) is 14.4 Å². The fourth-order valence-electron chi connectivity index (χ4n) is 1.70. The Hall–Kier alpha value is -1.88. The van der Waals surface area contributed by atoms with Gasteiger partial charge in [0.2, 0.25) is 0 Å². The molecular weight excluding hydrogens is 291 g/mol. The van der Waals surface area contributed by atoms with Crippen LogP contribution >= 0.6 is 11.6 Å². The summed E-state index contributed by atoms with van der Waals surface area (Å²) in [5, 5.41) is 6.19. The van der Waals surface area contributed by atoms with E-state index in [1.54, 1.807) is 19.2 Å². The van der Waals surface area contributed by atoms with Crippen molar-refractivity contribution in [2.24, 2.45) is 0 Å². The lowest BCUT2D eigenvalue weighted by atomic mass is 9.96. The highest BCUT2D eigenvalue weighted by atomic mass is 35.5. The summed E-state index contributed by atoms with van der Waals surface area (Å²) in [6.45, 7) is 6.13. The summed E-state index contributed by atoms with van der Waals surface area (Å²) in [5.74, 6) is 1.61. The highest BCUT2D eigenvalue weighted by Crippen LogP contribution is 2.25. The fourth-order valence-corrected chi connectivity index (χ4v) is 1.88. The first kappa shape index (κ1) is 15.5. The van der Waals surface area contributed by atoms with E-state index in [1.807, 2.05) is 20.8 Å². The Kier molecular flexibility index (Phi) is 4.32. The predicted octanol–water partition coefficient (Wildman–Crippen LogP) is 4.35. The van der Waals surface area contributed by atoms with Crippen LogP contribution in [0.1, 0.15) is 26.6 Å². The molecule has 0 radical (unpaired) electrons. The van der Waals surface area contributed by atoms with Crippen molar-refractivity contribution in [1.29, 1.82) is 0 Å². The highest BCUT2D eigenvalue weighted by molar-refractivity contribution is 6.31. The molecule has 2 aromatic rings. The van der Waals surface area contributed by atoms with Gasteiger partial charge in [0.1, 0.15) is 23.3 Å². The molecule has 21 heavy (non-hydrogen) atoms. The average Bonchev–Trinajstić information content (AvgIpc) is 2.41. The number of nitrogens with one attached hydrogen (secondary N) is 2. The zero-order valence-electron chi connectivity index (χ0n) is 12.5. The molecule has 2 N–H and O–H groups in total. The van der Waals surface area contributed by atoms with Crippen LogP contribution < -0.4 is 10.6 Å². The Balaban J connectivity index is 2.36. The van der Waals surface area contributed by atoms with Crippen molar-refractivity contribution < 1.29 is 4.39 Å². The maximum absolute atomic E-state index is 13.2. The van der Waals surface area contributed by atoms with Crippen molar-refractivity contribution in [2.75, 3.05) is 17.7 Å². The zero-order valence-corrected chi connectivity index (χ0v) is 13.2. The Morgan fingerprint density at radius 2 is 1.76 bits per heavy atom. The maximum atomic E-state index is 13.2. The van der Waals surface area contributed by atoms with Crippen LogP contribution in [0.5, 0.6) is 0 Å². The zero-order chi connectivity index (χ0) is 15.6. The Morgan fingerprint density at radius 1 is 1.10 bits per heavy atom. The Bertz CT molecular complexity index is 653. The number of hydrogen-bond acceptors (Lipinski definition) is 4. The summed E-state index contributed by atoms with van der Waals surface area (Å²) < 4.78 is 13.2. The number of anilines is 3. The first-order valence-corrected chi connectivity index (χ1v) is 6.97. The number of nitrogens with zero attached hydrogens (tertiary/aromatic N) is 2. The average molecular weight is 309 g/mol. The van der Waals surface area contributed by atoms with Gasteiger partial charge < -0.3 is 10.6 Å². The molecule has 0 aliphatic carbocycles. The third-order valence-electron chi connectivity index (χ3n) is 2.85. The molecule has 0 spiro atoms. The molecule has 0 aliphatic heterocycles. The minimum absolute atomic E-state index is 0.0685. The monoisotopic (exact) mass is 308 g/mol. The molecule has 0 saturated heterocycles. The van der Waals surface area contributed by atoms with E-state index in [9.17, 15) is 4.39 Å². The van der Waals surface area contributed by atoms with Crippen molar-refractivity contribution >= 4 is 28.9 Å². The van der Waals surface area contributed by atoms with E-state index in [4.69, 9.17) is 11.6 Å². The molecule has 0 amide bonds. The molecule has 6 heteroatoms. The van der Waals surface area contributed by atoms with Crippen LogP contribution in [-0.2, 0) is 5.41 Å². The second-order valence-corrected chi connectivity index (χ2v) is 6.12. The number of benzene rings is 1. The molecular formula is C15H18ClFN4. The summed E-state index contributed by atoms with van der Waals surface area (Å²) >= 11 is 5.78. The van der Waals surface area contributed by atoms with Gasteiger partial charge in [0.25, 0.3) is 0 Å². The first-order chi connectivity index (χ1) is 9.79. The summed E-state index contributed by atoms with van der Waals surface area (Å²) in [4.78, 5) is 8.95. The fraction of sp³-hybridized carbons (Fsp3) is 0.333. The summed E-state index contributed by atoms with van der Waals surface area (Å²) in [6, 6.07) is 6.23. The highest BCUT2D eigenvalue weighted by Gasteiger charge is 2.19. The van der Waals surface area contributed by atoms with Crippen molar-refractivity contribution in [1.82, 2.24) is 9.97 Å². The van der Waals surface area contributed by atoms with Gasteiger partial charge >= 0.3 is 0 Å². The maximum Gasteiger partial charge on any atom is 0.141 e. The largest absolute Gasteiger partial charge is 0.373 e. The lowest BCUT2D eigenvalue weighted by Crippen LogP contribution is -2.17. The molecule has 1 aromatic heterocycles. The van der Waals surface area contributed by atoms with E-state index in [0.29, 0.717) is 23.1 Å². The van der Waals surface area contributed by atoms with Crippen LogP contribution in [0.4, 0.5) is 21.7 Å². The van der Waals surface area contributed by atoms with Gasteiger partial charge in [-0.15, -0.1) is 0 Å². The minimum atomic E-state index is -0.448. The third-order valence-corrected chi connectivity index (χ3v) is 3.13. The molecule has 0 bridgehead atoms. The minimum Gasteiger partial charge on any atom is -0.373 e. The van der Waals surface area contributed by atoms with E-state index in [0.717, 1.165) is 0 Å². The van der Waals surface area contributed by atoms with Crippen LogP contribution in [0.3, 0.4) is 0 Å². The van der Waals surface area contributed by atoms with Crippen LogP contribution in [-0.4, -0.2) is 17.0 Å². The van der Waals surface area contributed by atoms with Gasteiger partial charge in [-0.2, -0.15) is 0 Å². The summed E-state index contributed by atoms with van der Waals surface area (Å²) in [5.41, 5.74) is 0.492. The molecule has 1 heterocycles. The van der Waals surface area contributed by atoms with Gasteiger partial charge in [0.05, 0.1) is 5.02 Å². The van der Waals surface area contributed by atoms with Gasteiger partial charge in [-0.3, -0.25) is 0 Å². The van der Waals surface area contributed by atoms with Crippen LogP contribution in [0.15, 0.2) is 24.3 Å². The number of aromatic nitrogens is 2. The van der Waals surface area contributed by atoms with Crippen molar-refractivity contribution in [3.63, 3.8) is 0 Å². The molecule has 2 rings (SSSR count). The SMILES string of the molecule is CNc1cc(Nc2ccc(F)c(Cl)c2)nc(C(C)(C)C)n1. The van der Waals surface area contributed by atoms with Crippen molar-refractivity contribution in [2.45, 2.75) is 26.2 Å². The van der Waals surface area contributed by atoms with Gasteiger partial charge in [0, 0.05) is 24.2 Å². The van der Waals surface area contributed by atoms with E-state index < -0.39 is 5.82 Å².